The van der Waals surface area contributed by atoms with Gasteiger partial charge in [-0.3, -0.25) is 0 Å². The van der Waals surface area contributed by atoms with E-state index in [-0.39, 0.29) is 30.5 Å². The topological polar surface area (TPSA) is 49.4 Å². The fourth-order valence-electron chi connectivity index (χ4n) is 2.73. The Morgan fingerprint density at radius 2 is 1.88 bits per heavy atom. The Bertz CT molecular complexity index is 660. The van der Waals surface area contributed by atoms with Crippen LogP contribution in [0.1, 0.15) is 18.4 Å². The second-order valence-electron chi connectivity index (χ2n) is 5.54. The van der Waals surface area contributed by atoms with Crippen LogP contribution in [0.2, 0.25) is 5.02 Å². The minimum atomic E-state index is -4.78. The number of nitrogens with zero attached hydrogens (tertiary/aromatic N) is 1. The van der Waals surface area contributed by atoms with Gasteiger partial charge in [0.1, 0.15) is 0 Å². The number of benzene rings is 1. The summed E-state index contributed by atoms with van der Waals surface area (Å²) in [7, 11) is -2.38. The zero-order valence-corrected chi connectivity index (χ0v) is 15.3. The van der Waals surface area contributed by atoms with Gasteiger partial charge in [0.15, 0.2) is 0 Å². The van der Waals surface area contributed by atoms with E-state index in [2.05, 4.69) is 5.32 Å². The molecule has 138 valence electrons. The zero-order chi connectivity index (χ0) is 17.3. The second kappa shape index (κ2) is 8.23. The first-order valence-electron chi connectivity index (χ1n) is 7.17. The molecule has 0 unspecified atom stereocenters. The van der Waals surface area contributed by atoms with Crippen molar-refractivity contribution >= 4 is 34.0 Å². The maximum Gasteiger partial charge on any atom is 0.417 e. The Kier molecular flexibility index (Phi) is 7.37. The molecule has 0 amide bonds. The number of piperidine rings is 1. The van der Waals surface area contributed by atoms with Gasteiger partial charge in [0, 0.05) is 18.1 Å². The fourth-order valence-corrected chi connectivity index (χ4v) is 4.56. The lowest BCUT2D eigenvalue weighted by molar-refractivity contribution is -0.139. The smallest absolute Gasteiger partial charge is 0.319 e. The SMILES string of the molecule is CNCC1CCN(S(=O)(=O)c2ccc(Cl)cc2C(F)(F)F)CC1.Cl. The lowest BCUT2D eigenvalue weighted by atomic mass is 9.98. The van der Waals surface area contributed by atoms with Gasteiger partial charge in [-0.05, 0) is 50.6 Å². The van der Waals surface area contributed by atoms with Gasteiger partial charge in [-0.1, -0.05) is 11.6 Å². The lowest BCUT2D eigenvalue weighted by Crippen LogP contribution is -2.40. The van der Waals surface area contributed by atoms with Crippen molar-refractivity contribution in [2.24, 2.45) is 5.92 Å². The normalized spacial score (nSPS) is 17.5. The van der Waals surface area contributed by atoms with Crippen molar-refractivity contribution in [3.05, 3.63) is 28.8 Å². The summed E-state index contributed by atoms with van der Waals surface area (Å²) in [6.45, 7) is 1.20. The van der Waals surface area contributed by atoms with Crippen LogP contribution in [0.15, 0.2) is 23.1 Å². The van der Waals surface area contributed by atoms with Gasteiger partial charge in [0.2, 0.25) is 10.0 Å². The van der Waals surface area contributed by atoms with E-state index >= 15 is 0 Å². The van der Waals surface area contributed by atoms with Gasteiger partial charge in [-0.2, -0.15) is 17.5 Å². The molecule has 0 radical (unpaired) electrons. The Balaban J connectivity index is 0.00000288. The monoisotopic (exact) mass is 406 g/mol. The molecule has 1 aliphatic rings. The molecule has 0 bridgehead atoms. The summed E-state index contributed by atoms with van der Waals surface area (Å²) in [4.78, 5) is -0.735. The molecular formula is C14H19Cl2F3N2O2S. The summed E-state index contributed by atoms with van der Waals surface area (Å²) in [6, 6.07) is 2.75. The Hall–Kier alpha value is -0.540. The number of hydrogen-bond acceptors (Lipinski definition) is 3. The van der Waals surface area contributed by atoms with Gasteiger partial charge >= 0.3 is 6.18 Å². The predicted octanol–water partition coefficient (Wildman–Crippen LogP) is 3.40. The molecular weight excluding hydrogens is 388 g/mol. The van der Waals surface area contributed by atoms with E-state index in [1.54, 1.807) is 0 Å². The molecule has 10 heteroatoms. The van der Waals surface area contributed by atoms with Crippen LogP contribution in [0.25, 0.3) is 0 Å². The maximum atomic E-state index is 13.1. The highest BCUT2D eigenvalue weighted by molar-refractivity contribution is 7.89. The minimum Gasteiger partial charge on any atom is -0.319 e. The molecule has 24 heavy (non-hydrogen) atoms. The van der Waals surface area contributed by atoms with Crippen molar-refractivity contribution < 1.29 is 21.6 Å². The van der Waals surface area contributed by atoms with Crippen LogP contribution in [0, 0.1) is 5.92 Å². The van der Waals surface area contributed by atoms with Crippen molar-refractivity contribution in [1.29, 1.82) is 0 Å². The quantitative estimate of drug-likeness (QED) is 0.833. The summed E-state index contributed by atoms with van der Waals surface area (Å²) in [6.07, 6.45) is -3.54. The first-order valence-corrected chi connectivity index (χ1v) is 8.99. The van der Waals surface area contributed by atoms with Gasteiger partial charge in [-0.25, -0.2) is 8.42 Å². The average molecular weight is 407 g/mol. The second-order valence-corrected chi connectivity index (χ2v) is 7.89. The molecule has 0 aromatic heterocycles. The number of alkyl halides is 3. The third-order valence-corrected chi connectivity index (χ3v) is 6.12. The molecule has 2 rings (SSSR count). The van der Waals surface area contributed by atoms with Crippen molar-refractivity contribution in [3.8, 4) is 0 Å². The van der Waals surface area contributed by atoms with Crippen molar-refractivity contribution in [3.63, 3.8) is 0 Å². The Morgan fingerprint density at radius 3 is 2.38 bits per heavy atom. The Morgan fingerprint density at radius 1 is 1.29 bits per heavy atom. The molecule has 1 N–H and O–H groups in total. The first kappa shape index (κ1) is 21.5. The van der Waals surface area contributed by atoms with Gasteiger partial charge in [0.05, 0.1) is 10.5 Å². The van der Waals surface area contributed by atoms with Crippen molar-refractivity contribution in [1.82, 2.24) is 9.62 Å². The third kappa shape index (κ3) is 4.76. The summed E-state index contributed by atoms with van der Waals surface area (Å²) in [5.41, 5.74) is -1.22. The largest absolute Gasteiger partial charge is 0.417 e. The van der Waals surface area contributed by atoms with E-state index in [9.17, 15) is 21.6 Å². The molecule has 0 spiro atoms. The molecule has 1 aromatic rings. The maximum absolute atomic E-state index is 13.1. The van der Waals surface area contributed by atoms with Crippen LogP contribution in [-0.2, 0) is 16.2 Å². The van der Waals surface area contributed by atoms with Crippen LogP contribution >= 0.6 is 24.0 Å². The summed E-state index contributed by atoms with van der Waals surface area (Å²) in [5.74, 6) is 0.332. The van der Waals surface area contributed by atoms with E-state index in [1.807, 2.05) is 7.05 Å². The van der Waals surface area contributed by atoms with Crippen molar-refractivity contribution in [2.75, 3.05) is 26.7 Å². The summed E-state index contributed by atoms with van der Waals surface area (Å²) < 4.78 is 65.7. The average Bonchev–Trinajstić information content (AvgIpc) is 2.47. The number of hydrogen-bond donors (Lipinski definition) is 1. The van der Waals surface area contributed by atoms with E-state index in [0.29, 0.717) is 24.8 Å². The number of halogens is 5. The molecule has 4 nitrogen and oxygen atoms in total. The molecule has 0 aliphatic carbocycles. The molecule has 1 fully saturated rings. The highest BCUT2D eigenvalue weighted by Crippen LogP contribution is 2.37. The molecule has 1 saturated heterocycles. The van der Waals surface area contributed by atoms with Gasteiger partial charge in [-0.15, -0.1) is 12.4 Å². The van der Waals surface area contributed by atoms with E-state index in [4.69, 9.17) is 11.6 Å². The minimum absolute atomic E-state index is 0. The first-order chi connectivity index (χ1) is 10.7. The van der Waals surface area contributed by atoms with Crippen LogP contribution in [0.5, 0.6) is 0 Å². The lowest BCUT2D eigenvalue weighted by Gasteiger charge is -2.31. The number of sulfonamides is 1. The summed E-state index contributed by atoms with van der Waals surface area (Å²) >= 11 is 5.60. The highest BCUT2D eigenvalue weighted by Gasteiger charge is 2.40. The predicted molar refractivity (Wildman–Crippen MR) is 89.1 cm³/mol. The third-order valence-electron chi connectivity index (χ3n) is 3.93. The van der Waals surface area contributed by atoms with Crippen LogP contribution in [0.4, 0.5) is 13.2 Å². The zero-order valence-electron chi connectivity index (χ0n) is 12.9. The van der Waals surface area contributed by atoms with Crippen LogP contribution in [0.3, 0.4) is 0 Å². The number of nitrogens with one attached hydrogen (secondary N) is 1. The van der Waals surface area contributed by atoms with E-state index in [1.165, 1.54) is 0 Å². The highest BCUT2D eigenvalue weighted by atomic mass is 35.5. The molecule has 1 heterocycles. The molecule has 0 atom stereocenters. The number of rotatable bonds is 4. The van der Waals surface area contributed by atoms with Gasteiger partial charge < -0.3 is 5.32 Å². The van der Waals surface area contributed by atoms with Crippen LogP contribution in [-0.4, -0.2) is 39.4 Å². The standard InChI is InChI=1S/C14H18ClF3N2O2S.ClH/c1-19-9-10-4-6-20(7-5-10)23(21,22)13-3-2-11(15)8-12(13)14(16,17)18;/h2-3,8,10,19H,4-7,9H2,1H3;1H. The summed E-state index contributed by atoms with van der Waals surface area (Å²) in [5, 5.41) is 2.88. The fraction of sp³-hybridized carbons (Fsp3) is 0.571. The van der Waals surface area contributed by atoms with Crippen molar-refractivity contribution in [2.45, 2.75) is 23.9 Å². The molecule has 0 saturated carbocycles. The van der Waals surface area contributed by atoms with Crippen LogP contribution < -0.4 is 5.32 Å². The van der Waals surface area contributed by atoms with E-state index < -0.39 is 26.7 Å². The molecule has 1 aliphatic heterocycles. The van der Waals surface area contributed by atoms with E-state index in [0.717, 1.165) is 23.0 Å². The van der Waals surface area contributed by atoms with Gasteiger partial charge in [0.25, 0.3) is 0 Å². The molecule has 1 aromatic carbocycles. The Labute approximate surface area is 150 Å².